The molecule has 2 rings (SSSR count). The number of rotatable bonds is 6. The molecule has 0 saturated heterocycles. The van der Waals surface area contributed by atoms with Gasteiger partial charge in [-0.25, -0.2) is 0 Å². The van der Waals surface area contributed by atoms with Gasteiger partial charge in [-0.05, 0) is 18.4 Å². The van der Waals surface area contributed by atoms with E-state index in [1.54, 1.807) is 0 Å². The highest BCUT2D eigenvalue weighted by molar-refractivity contribution is 5.21. The van der Waals surface area contributed by atoms with Gasteiger partial charge in [0.1, 0.15) is 0 Å². The molecule has 0 fully saturated rings. The minimum Gasteiger partial charge on any atom is -0.337 e. The van der Waals surface area contributed by atoms with Crippen molar-refractivity contribution in [3.63, 3.8) is 0 Å². The Morgan fingerprint density at radius 3 is 2.76 bits per heavy atom. The van der Waals surface area contributed by atoms with Crippen molar-refractivity contribution in [1.29, 1.82) is 0 Å². The zero-order chi connectivity index (χ0) is 11.9. The number of hydrogen-bond donors (Lipinski definition) is 1. The zero-order valence-electron chi connectivity index (χ0n) is 10.0. The molecular formula is C13H17N3O. The Labute approximate surface area is 101 Å². The maximum Gasteiger partial charge on any atom is 0.321 e. The van der Waals surface area contributed by atoms with Gasteiger partial charge in [-0.2, -0.15) is 4.98 Å². The Morgan fingerprint density at radius 1 is 1.18 bits per heavy atom. The fourth-order valence-corrected chi connectivity index (χ4v) is 1.61. The van der Waals surface area contributed by atoms with E-state index in [1.165, 1.54) is 5.56 Å². The summed E-state index contributed by atoms with van der Waals surface area (Å²) in [6.45, 7) is 2.90. The van der Waals surface area contributed by atoms with E-state index in [1.807, 2.05) is 18.2 Å². The number of aryl methyl sites for hydroxylation is 1. The SMILES string of the molecule is CCCc1noc(NCCc2ccccc2)n1. The molecule has 0 aliphatic rings. The second-order valence-corrected chi connectivity index (χ2v) is 3.93. The van der Waals surface area contributed by atoms with E-state index in [-0.39, 0.29) is 0 Å². The first-order chi connectivity index (χ1) is 8.38. The van der Waals surface area contributed by atoms with Gasteiger partial charge in [-0.3, -0.25) is 0 Å². The summed E-state index contributed by atoms with van der Waals surface area (Å²) in [4.78, 5) is 4.24. The van der Waals surface area contributed by atoms with Crippen molar-refractivity contribution < 1.29 is 4.52 Å². The van der Waals surface area contributed by atoms with Crippen LogP contribution in [-0.4, -0.2) is 16.7 Å². The van der Waals surface area contributed by atoms with Crippen molar-refractivity contribution in [1.82, 2.24) is 10.1 Å². The normalized spacial score (nSPS) is 10.4. The molecule has 0 aliphatic heterocycles. The quantitative estimate of drug-likeness (QED) is 0.830. The van der Waals surface area contributed by atoms with Gasteiger partial charge in [0.05, 0.1) is 0 Å². The monoisotopic (exact) mass is 231 g/mol. The highest BCUT2D eigenvalue weighted by Crippen LogP contribution is 2.06. The first-order valence-corrected chi connectivity index (χ1v) is 5.99. The Bertz CT molecular complexity index is 439. The third-order valence-electron chi connectivity index (χ3n) is 2.47. The lowest BCUT2D eigenvalue weighted by Gasteiger charge is -2.00. The van der Waals surface area contributed by atoms with Crippen LogP contribution in [0.4, 0.5) is 6.01 Å². The molecule has 17 heavy (non-hydrogen) atoms. The predicted molar refractivity (Wildman–Crippen MR) is 66.9 cm³/mol. The van der Waals surface area contributed by atoms with Crippen molar-refractivity contribution in [3.05, 3.63) is 41.7 Å². The van der Waals surface area contributed by atoms with E-state index in [9.17, 15) is 0 Å². The Kier molecular flexibility index (Phi) is 4.13. The first-order valence-electron chi connectivity index (χ1n) is 5.99. The summed E-state index contributed by atoms with van der Waals surface area (Å²) in [5, 5.41) is 7.01. The molecule has 0 radical (unpaired) electrons. The van der Waals surface area contributed by atoms with Crippen LogP contribution in [-0.2, 0) is 12.8 Å². The molecule has 2 aromatic rings. The van der Waals surface area contributed by atoms with Gasteiger partial charge in [0.15, 0.2) is 5.82 Å². The summed E-state index contributed by atoms with van der Waals surface area (Å²) >= 11 is 0. The largest absolute Gasteiger partial charge is 0.337 e. The zero-order valence-corrected chi connectivity index (χ0v) is 10.0. The average Bonchev–Trinajstić information content (AvgIpc) is 2.79. The summed E-state index contributed by atoms with van der Waals surface area (Å²) in [7, 11) is 0. The van der Waals surface area contributed by atoms with Crippen molar-refractivity contribution in [2.24, 2.45) is 0 Å². The summed E-state index contributed by atoms with van der Waals surface area (Å²) in [5.41, 5.74) is 1.30. The molecule has 1 heterocycles. The Morgan fingerprint density at radius 2 is 2.00 bits per heavy atom. The number of hydrogen-bond acceptors (Lipinski definition) is 4. The van der Waals surface area contributed by atoms with E-state index in [0.717, 1.165) is 31.6 Å². The summed E-state index contributed by atoms with van der Waals surface area (Å²) in [6.07, 6.45) is 2.85. The molecule has 0 bridgehead atoms. The van der Waals surface area contributed by atoms with Crippen LogP contribution in [0.25, 0.3) is 0 Å². The highest BCUT2D eigenvalue weighted by Gasteiger charge is 2.03. The molecule has 0 amide bonds. The molecular weight excluding hydrogens is 214 g/mol. The van der Waals surface area contributed by atoms with Gasteiger partial charge >= 0.3 is 6.01 Å². The van der Waals surface area contributed by atoms with Gasteiger partial charge in [-0.15, -0.1) is 0 Å². The molecule has 0 unspecified atom stereocenters. The van der Waals surface area contributed by atoms with Gasteiger partial charge in [0.2, 0.25) is 0 Å². The Hall–Kier alpha value is -1.84. The van der Waals surface area contributed by atoms with Gasteiger partial charge < -0.3 is 9.84 Å². The van der Waals surface area contributed by atoms with Crippen LogP contribution in [0.3, 0.4) is 0 Å². The summed E-state index contributed by atoms with van der Waals surface area (Å²) < 4.78 is 5.08. The molecule has 0 aliphatic carbocycles. The third-order valence-corrected chi connectivity index (χ3v) is 2.47. The second kappa shape index (κ2) is 6.03. The van der Waals surface area contributed by atoms with E-state index in [2.05, 4.69) is 34.5 Å². The molecule has 1 aromatic carbocycles. The van der Waals surface area contributed by atoms with E-state index in [4.69, 9.17) is 4.52 Å². The Balaban J connectivity index is 1.78. The lowest BCUT2D eigenvalue weighted by atomic mass is 10.1. The minimum absolute atomic E-state index is 0.518. The molecule has 0 spiro atoms. The van der Waals surface area contributed by atoms with Crippen LogP contribution in [0.2, 0.25) is 0 Å². The molecule has 1 N–H and O–H groups in total. The van der Waals surface area contributed by atoms with Crippen LogP contribution < -0.4 is 5.32 Å². The van der Waals surface area contributed by atoms with Crippen LogP contribution in [0.1, 0.15) is 24.7 Å². The molecule has 4 heteroatoms. The van der Waals surface area contributed by atoms with E-state index >= 15 is 0 Å². The first kappa shape index (κ1) is 11.6. The number of aromatic nitrogens is 2. The maximum absolute atomic E-state index is 5.08. The van der Waals surface area contributed by atoms with Gasteiger partial charge in [-0.1, -0.05) is 42.4 Å². The number of nitrogens with zero attached hydrogens (tertiary/aromatic N) is 2. The predicted octanol–water partition coefficient (Wildman–Crippen LogP) is 2.68. The van der Waals surface area contributed by atoms with E-state index < -0.39 is 0 Å². The second-order valence-electron chi connectivity index (χ2n) is 3.93. The molecule has 0 atom stereocenters. The lowest BCUT2D eigenvalue weighted by molar-refractivity contribution is 0.422. The fourth-order valence-electron chi connectivity index (χ4n) is 1.61. The topological polar surface area (TPSA) is 51.0 Å². The third kappa shape index (κ3) is 3.59. The van der Waals surface area contributed by atoms with Crippen LogP contribution in [0.5, 0.6) is 0 Å². The van der Waals surface area contributed by atoms with Crippen LogP contribution in [0.15, 0.2) is 34.9 Å². The van der Waals surface area contributed by atoms with Crippen molar-refractivity contribution in [3.8, 4) is 0 Å². The van der Waals surface area contributed by atoms with Crippen LogP contribution >= 0.6 is 0 Å². The van der Waals surface area contributed by atoms with Gasteiger partial charge in [0.25, 0.3) is 0 Å². The molecule has 4 nitrogen and oxygen atoms in total. The fraction of sp³-hybridized carbons (Fsp3) is 0.385. The number of benzene rings is 1. The highest BCUT2D eigenvalue weighted by atomic mass is 16.5. The van der Waals surface area contributed by atoms with Crippen LogP contribution in [0, 0.1) is 0 Å². The molecule has 90 valence electrons. The number of nitrogens with one attached hydrogen (secondary N) is 1. The standard InChI is InChI=1S/C13H17N3O/c1-2-6-12-15-13(17-16-12)14-10-9-11-7-4-3-5-8-11/h3-5,7-8H,2,6,9-10H2,1H3,(H,14,15,16). The number of anilines is 1. The summed E-state index contributed by atoms with van der Waals surface area (Å²) in [5.74, 6) is 0.773. The minimum atomic E-state index is 0.518. The average molecular weight is 231 g/mol. The smallest absolute Gasteiger partial charge is 0.321 e. The van der Waals surface area contributed by atoms with Crippen molar-refractivity contribution in [2.75, 3.05) is 11.9 Å². The lowest BCUT2D eigenvalue weighted by Crippen LogP contribution is -2.05. The van der Waals surface area contributed by atoms with Crippen molar-refractivity contribution in [2.45, 2.75) is 26.2 Å². The molecule has 1 aromatic heterocycles. The van der Waals surface area contributed by atoms with Gasteiger partial charge in [0, 0.05) is 13.0 Å². The van der Waals surface area contributed by atoms with Crippen molar-refractivity contribution >= 4 is 6.01 Å². The molecule has 0 saturated carbocycles. The summed E-state index contributed by atoms with van der Waals surface area (Å²) in [6, 6.07) is 10.8. The maximum atomic E-state index is 5.08. The van der Waals surface area contributed by atoms with E-state index in [0.29, 0.717) is 6.01 Å².